The average molecular weight is 252 g/mol. The molecule has 0 aromatic heterocycles. The first-order valence-corrected chi connectivity index (χ1v) is 6.35. The van der Waals surface area contributed by atoms with Gasteiger partial charge in [0.1, 0.15) is 12.5 Å². The fourth-order valence-electron chi connectivity index (χ4n) is 1.87. The summed E-state index contributed by atoms with van der Waals surface area (Å²) in [6.45, 7) is 3.84. The van der Waals surface area contributed by atoms with Crippen molar-refractivity contribution in [1.29, 1.82) is 0 Å². The number of aliphatic hydroxyl groups is 2. The van der Waals surface area contributed by atoms with Crippen LogP contribution in [0.1, 0.15) is 25.0 Å². The molecule has 1 rings (SSSR count). The van der Waals surface area contributed by atoms with Gasteiger partial charge < -0.3 is 21.7 Å². The van der Waals surface area contributed by atoms with Gasteiger partial charge in [0.05, 0.1) is 0 Å². The van der Waals surface area contributed by atoms with Crippen LogP contribution in [0.3, 0.4) is 0 Å². The zero-order valence-electron chi connectivity index (χ0n) is 11.1. The molecular weight excluding hydrogens is 228 g/mol. The monoisotopic (exact) mass is 252 g/mol. The van der Waals surface area contributed by atoms with E-state index >= 15 is 0 Å². The molecule has 4 nitrogen and oxygen atoms in total. The van der Waals surface area contributed by atoms with Crippen LogP contribution >= 0.6 is 0 Å². The van der Waals surface area contributed by atoms with Crippen LogP contribution in [0.2, 0.25) is 0 Å². The first-order valence-electron chi connectivity index (χ1n) is 6.35. The quantitative estimate of drug-likeness (QED) is 0.558. The third-order valence-corrected chi connectivity index (χ3v) is 3.27. The van der Waals surface area contributed by atoms with E-state index in [1.54, 1.807) is 0 Å². The van der Waals surface area contributed by atoms with Gasteiger partial charge in [0.25, 0.3) is 0 Å². The summed E-state index contributed by atoms with van der Waals surface area (Å²) in [5.41, 5.74) is 13.2. The van der Waals surface area contributed by atoms with Crippen molar-refractivity contribution < 1.29 is 10.2 Å². The lowest BCUT2D eigenvalue weighted by atomic mass is 9.94. The van der Waals surface area contributed by atoms with E-state index in [-0.39, 0.29) is 11.8 Å². The molecule has 1 aromatic rings. The highest BCUT2D eigenvalue weighted by atomic mass is 16.3. The molecule has 0 spiro atoms. The Hall–Kier alpha value is -0.940. The summed E-state index contributed by atoms with van der Waals surface area (Å²) in [6.07, 6.45) is -0.104. The van der Waals surface area contributed by atoms with Crippen molar-refractivity contribution in [3.8, 4) is 0 Å². The van der Waals surface area contributed by atoms with Gasteiger partial charge in [0.15, 0.2) is 0 Å². The lowest BCUT2D eigenvalue weighted by Gasteiger charge is -2.17. The summed E-state index contributed by atoms with van der Waals surface area (Å²) in [6, 6.07) is 8.10. The van der Waals surface area contributed by atoms with Gasteiger partial charge in [-0.25, -0.2) is 0 Å². The lowest BCUT2D eigenvalue weighted by molar-refractivity contribution is 0.123. The van der Waals surface area contributed by atoms with Crippen molar-refractivity contribution >= 4 is 0 Å². The van der Waals surface area contributed by atoms with Gasteiger partial charge in [-0.15, -0.1) is 0 Å². The van der Waals surface area contributed by atoms with E-state index in [0.717, 1.165) is 24.0 Å². The molecular formula is C14H24N2O2. The summed E-state index contributed by atoms with van der Waals surface area (Å²) in [7, 11) is 0. The number of rotatable bonds is 6. The van der Waals surface area contributed by atoms with Crippen LogP contribution in [0.15, 0.2) is 24.3 Å². The van der Waals surface area contributed by atoms with Crippen LogP contribution in [-0.2, 0) is 12.8 Å². The Morgan fingerprint density at radius 2 is 1.33 bits per heavy atom. The van der Waals surface area contributed by atoms with E-state index in [9.17, 15) is 10.2 Å². The fourth-order valence-corrected chi connectivity index (χ4v) is 1.87. The van der Waals surface area contributed by atoms with Gasteiger partial charge in [-0.05, 0) is 35.8 Å². The Kier molecular flexibility index (Phi) is 5.75. The number of aliphatic hydroxyl groups excluding tert-OH is 2. The third-order valence-electron chi connectivity index (χ3n) is 3.27. The van der Waals surface area contributed by atoms with Gasteiger partial charge in [0.2, 0.25) is 0 Å². The molecule has 0 aliphatic heterocycles. The van der Waals surface area contributed by atoms with E-state index in [4.69, 9.17) is 11.5 Å². The second-order valence-corrected chi connectivity index (χ2v) is 5.16. The van der Waals surface area contributed by atoms with E-state index in [1.807, 2.05) is 32.0 Å². The first kappa shape index (κ1) is 15.1. The van der Waals surface area contributed by atoms with Crippen molar-refractivity contribution in [1.82, 2.24) is 0 Å². The maximum atomic E-state index is 9.30. The van der Waals surface area contributed by atoms with Gasteiger partial charge in [-0.1, -0.05) is 38.1 Å². The van der Waals surface area contributed by atoms with Crippen molar-refractivity contribution in [2.45, 2.75) is 39.1 Å². The molecule has 6 N–H and O–H groups in total. The minimum atomic E-state index is -0.793. The maximum Gasteiger partial charge on any atom is 0.105 e. The van der Waals surface area contributed by atoms with E-state index in [1.165, 1.54) is 0 Å². The second kappa shape index (κ2) is 6.85. The van der Waals surface area contributed by atoms with Crippen molar-refractivity contribution in [3.63, 3.8) is 0 Å². The highest BCUT2D eigenvalue weighted by molar-refractivity contribution is 5.24. The summed E-state index contributed by atoms with van der Waals surface area (Å²) in [5, 5.41) is 18.6. The van der Waals surface area contributed by atoms with Crippen LogP contribution in [0.4, 0.5) is 0 Å². The Balaban J connectivity index is 2.67. The molecule has 102 valence electrons. The number of hydrogen-bond acceptors (Lipinski definition) is 4. The normalized spacial score (nSPS) is 18.1. The molecule has 0 saturated heterocycles. The SMILES string of the molecule is C[C@H](Cc1cccc(C[C@H](C)[C@H](N)O)c1)[C@H](N)O. The van der Waals surface area contributed by atoms with Crippen molar-refractivity contribution in [2.75, 3.05) is 0 Å². The molecule has 0 amide bonds. The van der Waals surface area contributed by atoms with Gasteiger partial charge in [0, 0.05) is 0 Å². The molecule has 0 unspecified atom stereocenters. The molecule has 0 radical (unpaired) electrons. The highest BCUT2D eigenvalue weighted by Gasteiger charge is 2.12. The van der Waals surface area contributed by atoms with E-state index in [2.05, 4.69) is 6.07 Å². The Morgan fingerprint density at radius 3 is 1.67 bits per heavy atom. The molecule has 1 aromatic carbocycles. The van der Waals surface area contributed by atoms with E-state index < -0.39 is 12.5 Å². The standard InChI is InChI=1S/C14H24N2O2/c1-9(13(15)17)6-11-4-3-5-12(8-11)7-10(2)14(16)18/h3-5,8-10,13-14,17-18H,6-7,15-16H2,1-2H3/t9-,10+,13-,14-/m1/s1. The van der Waals surface area contributed by atoms with Crippen LogP contribution in [0.25, 0.3) is 0 Å². The van der Waals surface area contributed by atoms with Crippen LogP contribution in [0, 0.1) is 11.8 Å². The molecule has 4 atom stereocenters. The maximum absolute atomic E-state index is 9.30. The minimum Gasteiger partial charge on any atom is -0.379 e. The van der Waals surface area contributed by atoms with Gasteiger partial charge >= 0.3 is 0 Å². The predicted molar refractivity (Wildman–Crippen MR) is 72.6 cm³/mol. The summed E-state index contributed by atoms with van der Waals surface area (Å²) >= 11 is 0. The highest BCUT2D eigenvalue weighted by Crippen LogP contribution is 2.15. The molecule has 0 aliphatic rings. The Labute approximate surface area is 109 Å². The number of nitrogens with two attached hydrogens (primary N) is 2. The number of benzene rings is 1. The van der Waals surface area contributed by atoms with Crippen LogP contribution < -0.4 is 11.5 Å². The fraction of sp³-hybridized carbons (Fsp3) is 0.571. The lowest BCUT2D eigenvalue weighted by Crippen LogP contribution is -2.29. The smallest absolute Gasteiger partial charge is 0.105 e. The topological polar surface area (TPSA) is 92.5 Å². The summed E-state index contributed by atoms with van der Waals surface area (Å²) in [4.78, 5) is 0. The largest absolute Gasteiger partial charge is 0.379 e. The molecule has 0 heterocycles. The van der Waals surface area contributed by atoms with Crippen LogP contribution in [-0.4, -0.2) is 22.7 Å². The predicted octanol–water partition coefficient (Wildman–Crippen LogP) is 0.598. The minimum absolute atomic E-state index is 0.0257. The zero-order valence-corrected chi connectivity index (χ0v) is 11.1. The molecule has 0 fully saturated rings. The van der Waals surface area contributed by atoms with Crippen molar-refractivity contribution in [3.05, 3.63) is 35.4 Å². The second-order valence-electron chi connectivity index (χ2n) is 5.16. The Morgan fingerprint density at radius 1 is 0.944 bits per heavy atom. The summed E-state index contributed by atoms with van der Waals surface area (Å²) < 4.78 is 0. The van der Waals surface area contributed by atoms with E-state index in [0.29, 0.717) is 0 Å². The zero-order chi connectivity index (χ0) is 13.7. The molecule has 0 aliphatic carbocycles. The van der Waals surface area contributed by atoms with Gasteiger partial charge in [-0.3, -0.25) is 0 Å². The van der Waals surface area contributed by atoms with Gasteiger partial charge in [-0.2, -0.15) is 0 Å². The third kappa shape index (κ3) is 4.74. The molecule has 18 heavy (non-hydrogen) atoms. The summed E-state index contributed by atoms with van der Waals surface area (Å²) in [5.74, 6) is 0.0514. The first-order chi connectivity index (χ1) is 8.40. The molecule has 4 heteroatoms. The number of hydrogen-bond donors (Lipinski definition) is 4. The van der Waals surface area contributed by atoms with Crippen LogP contribution in [0.5, 0.6) is 0 Å². The molecule has 0 bridgehead atoms. The Bertz CT molecular complexity index is 335. The molecule has 0 saturated carbocycles. The van der Waals surface area contributed by atoms with Crippen molar-refractivity contribution in [2.24, 2.45) is 23.3 Å². The average Bonchev–Trinajstić information content (AvgIpc) is 2.29.